The largest absolute Gasteiger partial charge is 0.214 e. The van der Waals surface area contributed by atoms with Crippen molar-refractivity contribution in [2.45, 2.75) is 24.8 Å². The quantitative estimate of drug-likeness (QED) is 0.689. The average Bonchev–Trinajstić information content (AvgIpc) is 2.96. The molecule has 0 spiro atoms. The highest BCUT2D eigenvalue weighted by Crippen LogP contribution is 2.23. The van der Waals surface area contributed by atoms with Crippen molar-refractivity contribution < 1.29 is 4.39 Å². The molecule has 0 bridgehead atoms. The SMILES string of the molecule is Cc1ccc(-n2nnnc2SCc2cccc(F)c2)cc1C. The fraction of sp³-hybridized carbons (Fsp3) is 0.188. The Morgan fingerprint density at radius 3 is 2.73 bits per heavy atom. The lowest BCUT2D eigenvalue weighted by atomic mass is 10.1. The molecule has 1 aromatic heterocycles. The second-order valence-corrected chi connectivity index (χ2v) is 6.00. The van der Waals surface area contributed by atoms with Crippen LogP contribution in [0, 0.1) is 19.7 Å². The molecule has 0 radical (unpaired) electrons. The third-order valence-electron chi connectivity index (χ3n) is 3.43. The molecule has 0 saturated heterocycles. The minimum absolute atomic E-state index is 0.230. The number of aryl methyl sites for hydroxylation is 2. The first-order chi connectivity index (χ1) is 10.6. The highest BCUT2D eigenvalue weighted by atomic mass is 32.2. The van der Waals surface area contributed by atoms with Gasteiger partial charge in [0.15, 0.2) is 0 Å². The van der Waals surface area contributed by atoms with E-state index >= 15 is 0 Å². The zero-order valence-electron chi connectivity index (χ0n) is 12.3. The van der Waals surface area contributed by atoms with Gasteiger partial charge in [-0.05, 0) is 65.2 Å². The van der Waals surface area contributed by atoms with E-state index in [0.29, 0.717) is 10.9 Å². The molecule has 0 N–H and O–H groups in total. The Balaban J connectivity index is 1.81. The molecule has 0 aliphatic rings. The molecule has 0 fully saturated rings. The topological polar surface area (TPSA) is 43.6 Å². The van der Waals surface area contributed by atoms with E-state index in [2.05, 4.69) is 35.4 Å². The molecule has 2 aromatic carbocycles. The molecule has 0 saturated carbocycles. The minimum Gasteiger partial charge on any atom is -0.207 e. The van der Waals surface area contributed by atoms with Gasteiger partial charge >= 0.3 is 0 Å². The Labute approximate surface area is 132 Å². The van der Waals surface area contributed by atoms with E-state index in [1.54, 1.807) is 10.7 Å². The number of halogens is 1. The van der Waals surface area contributed by atoms with Gasteiger partial charge in [-0.15, -0.1) is 5.10 Å². The highest BCUT2D eigenvalue weighted by molar-refractivity contribution is 7.98. The predicted octanol–water partition coefficient (Wildman–Crippen LogP) is 3.71. The maximum atomic E-state index is 13.2. The van der Waals surface area contributed by atoms with Crippen molar-refractivity contribution >= 4 is 11.8 Å². The van der Waals surface area contributed by atoms with Crippen LogP contribution in [-0.4, -0.2) is 20.2 Å². The third-order valence-corrected chi connectivity index (χ3v) is 4.42. The van der Waals surface area contributed by atoms with Crippen LogP contribution in [0.3, 0.4) is 0 Å². The number of aromatic nitrogens is 4. The highest BCUT2D eigenvalue weighted by Gasteiger charge is 2.10. The van der Waals surface area contributed by atoms with Gasteiger partial charge in [-0.1, -0.05) is 30.0 Å². The number of hydrogen-bond acceptors (Lipinski definition) is 4. The molecule has 112 valence electrons. The minimum atomic E-state index is -0.230. The van der Waals surface area contributed by atoms with E-state index < -0.39 is 0 Å². The van der Waals surface area contributed by atoms with E-state index in [9.17, 15) is 4.39 Å². The molecule has 6 heteroatoms. The Morgan fingerprint density at radius 1 is 1.09 bits per heavy atom. The summed E-state index contributed by atoms with van der Waals surface area (Å²) in [5, 5.41) is 12.5. The van der Waals surface area contributed by atoms with Gasteiger partial charge in [-0.3, -0.25) is 0 Å². The summed E-state index contributed by atoms with van der Waals surface area (Å²) in [5.41, 5.74) is 4.24. The maximum absolute atomic E-state index is 13.2. The summed E-state index contributed by atoms with van der Waals surface area (Å²) in [4.78, 5) is 0. The van der Waals surface area contributed by atoms with Crippen molar-refractivity contribution in [3.63, 3.8) is 0 Å². The van der Waals surface area contributed by atoms with E-state index in [1.165, 1.54) is 35.0 Å². The summed E-state index contributed by atoms with van der Waals surface area (Å²) in [6.45, 7) is 4.13. The standard InChI is InChI=1S/C16H15FN4S/c1-11-6-7-15(8-12(11)2)21-16(18-19-20-21)22-10-13-4-3-5-14(17)9-13/h3-9H,10H2,1-2H3. The zero-order chi connectivity index (χ0) is 15.5. The Hall–Kier alpha value is -2.21. The third kappa shape index (κ3) is 3.17. The van der Waals surface area contributed by atoms with Crippen LogP contribution >= 0.6 is 11.8 Å². The summed E-state index contributed by atoms with van der Waals surface area (Å²) in [6.07, 6.45) is 0. The molecule has 3 aromatic rings. The van der Waals surface area contributed by atoms with Crippen molar-refractivity contribution in [3.05, 3.63) is 65.0 Å². The number of nitrogens with zero attached hydrogens (tertiary/aromatic N) is 4. The zero-order valence-corrected chi connectivity index (χ0v) is 13.1. The summed E-state index contributed by atoms with van der Waals surface area (Å²) in [6, 6.07) is 12.7. The first kappa shape index (κ1) is 14.7. The first-order valence-electron chi connectivity index (χ1n) is 6.87. The van der Waals surface area contributed by atoms with Crippen molar-refractivity contribution in [1.82, 2.24) is 20.2 Å². The van der Waals surface area contributed by atoms with Crippen molar-refractivity contribution in [1.29, 1.82) is 0 Å². The van der Waals surface area contributed by atoms with Crippen LogP contribution < -0.4 is 0 Å². The number of tetrazole rings is 1. The molecular weight excluding hydrogens is 299 g/mol. The molecule has 3 rings (SSSR count). The molecule has 0 unspecified atom stereocenters. The fourth-order valence-corrected chi connectivity index (χ4v) is 2.90. The summed E-state index contributed by atoms with van der Waals surface area (Å²) in [5.74, 6) is 0.384. The number of rotatable bonds is 4. The number of hydrogen-bond donors (Lipinski definition) is 0. The van der Waals surface area contributed by atoms with Crippen LogP contribution in [-0.2, 0) is 5.75 Å². The number of benzene rings is 2. The van der Waals surface area contributed by atoms with Crippen LogP contribution in [0.1, 0.15) is 16.7 Å². The van der Waals surface area contributed by atoms with Crippen LogP contribution in [0.25, 0.3) is 5.69 Å². The molecule has 0 aliphatic heterocycles. The van der Waals surface area contributed by atoms with Crippen molar-refractivity contribution in [3.8, 4) is 5.69 Å². The second kappa shape index (κ2) is 6.27. The lowest BCUT2D eigenvalue weighted by Crippen LogP contribution is -2.00. The molecule has 0 aliphatic carbocycles. The molecule has 4 nitrogen and oxygen atoms in total. The lowest BCUT2D eigenvalue weighted by molar-refractivity contribution is 0.626. The van der Waals surface area contributed by atoms with Gasteiger partial charge in [0.1, 0.15) is 5.82 Å². The molecule has 0 amide bonds. The van der Waals surface area contributed by atoms with Crippen LogP contribution in [0.4, 0.5) is 4.39 Å². The van der Waals surface area contributed by atoms with Gasteiger partial charge in [0.2, 0.25) is 5.16 Å². The van der Waals surface area contributed by atoms with Crippen LogP contribution in [0.15, 0.2) is 47.6 Å². The van der Waals surface area contributed by atoms with E-state index in [4.69, 9.17) is 0 Å². The average molecular weight is 314 g/mol. The smallest absolute Gasteiger partial charge is 0.207 e. The van der Waals surface area contributed by atoms with Gasteiger partial charge in [0, 0.05) is 5.75 Å². The van der Waals surface area contributed by atoms with Gasteiger partial charge in [0.05, 0.1) is 5.69 Å². The van der Waals surface area contributed by atoms with Gasteiger partial charge < -0.3 is 0 Å². The maximum Gasteiger partial charge on any atom is 0.214 e. The normalized spacial score (nSPS) is 10.9. The molecular formula is C16H15FN4S. The van der Waals surface area contributed by atoms with E-state index in [-0.39, 0.29) is 5.82 Å². The van der Waals surface area contributed by atoms with Crippen LogP contribution in [0.5, 0.6) is 0 Å². The first-order valence-corrected chi connectivity index (χ1v) is 7.85. The van der Waals surface area contributed by atoms with Crippen molar-refractivity contribution in [2.24, 2.45) is 0 Å². The summed E-state index contributed by atoms with van der Waals surface area (Å²) >= 11 is 1.48. The molecule has 22 heavy (non-hydrogen) atoms. The van der Waals surface area contributed by atoms with Gasteiger partial charge in [-0.25, -0.2) is 4.39 Å². The predicted molar refractivity (Wildman–Crippen MR) is 84.6 cm³/mol. The van der Waals surface area contributed by atoms with Gasteiger partial charge in [-0.2, -0.15) is 4.68 Å². The summed E-state index contributed by atoms with van der Waals surface area (Å²) < 4.78 is 14.9. The molecule has 0 atom stereocenters. The molecule has 1 heterocycles. The van der Waals surface area contributed by atoms with Gasteiger partial charge in [0.25, 0.3) is 0 Å². The Bertz CT molecular complexity index is 800. The fourth-order valence-electron chi connectivity index (χ4n) is 2.06. The Kier molecular flexibility index (Phi) is 4.20. The van der Waals surface area contributed by atoms with Crippen LogP contribution in [0.2, 0.25) is 0 Å². The summed E-state index contributed by atoms with van der Waals surface area (Å²) in [7, 11) is 0. The second-order valence-electron chi connectivity index (χ2n) is 5.06. The Morgan fingerprint density at radius 2 is 1.95 bits per heavy atom. The van der Waals surface area contributed by atoms with E-state index in [1.807, 2.05) is 18.2 Å². The number of thioether (sulfide) groups is 1. The van der Waals surface area contributed by atoms with E-state index in [0.717, 1.165) is 11.3 Å². The lowest BCUT2D eigenvalue weighted by Gasteiger charge is -2.07. The monoisotopic (exact) mass is 314 g/mol. The van der Waals surface area contributed by atoms with Crippen molar-refractivity contribution in [2.75, 3.05) is 0 Å².